The zero-order valence-electron chi connectivity index (χ0n) is 8.96. The molecule has 0 aliphatic carbocycles. The van der Waals surface area contributed by atoms with Crippen molar-refractivity contribution in [2.75, 3.05) is 0 Å². The van der Waals surface area contributed by atoms with Crippen LogP contribution in [0, 0.1) is 0 Å². The Balaban J connectivity index is 3.14. The number of hydrogen-bond acceptors (Lipinski definition) is 2. The lowest BCUT2D eigenvalue weighted by Gasteiger charge is -2.13. The van der Waals surface area contributed by atoms with Crippen molar-refractivity contribution in [1.82, 2.24) is 0 Å². The summed E-state index contributed by atoms with van der Waals surface area (Å²) in [5.74, 6) is 0.106. The van der Waals surface area contributed by atoms with Gasteiger partial charge in [0.1, 0.15) is 12.0 Å². The topological polar surface area (TPSA) is 37.3 Å². The van der Waals surface area contributed by atoms with Crippen LogP contribution in [-0.4, -0.2) is 11.4 Å². The highest BCUT2D eigenvalue weighted by molar-refractivity contribution is 6.32. The van der Waals surface area contributed by atoms with E-state index in [1.807, 2.05) is 19.9 Å². The zero-order chi connectivity index (χ0) is 11.4. The highest BCUT2D eigenvalue weighted by atomic mass is 35.5. The number of hydrogen-bond donors (Lipinski definition) is 1. The van der Waals surface area contributed by atoms with Gasteiger partial charge in [-0.1, -0.05) is 31.5 Å². The van der Waals surface area contributed by atoms with Crippen molar-refractivity contribution in [1.29, 1.82) is 0 Å². The minimum absolute atomic E-state index is 0.00602. The molecule has 1 aromatic carbocycles. The number of benzene rings is 1. The van der Waals surface area contributed by atoms with Gasteiger partial charge in [-0.3, -0.25) is 0 Å². The van der Waals surface area contributed by atoms with Crippen LogP contribution >= 0.6 is 11.6 Å². The van der Waals surface area contributed by atoms with Crippen LogP contribution in [0.3, 0.4) is 0 Å². The average Bonchev–Trinajstić information content (AvgIpc) is 2.22. The number of phenols is 1. The average molecular weight is 227 g/mol. The lowest BCUT2D eigenvalue weighted by atomic mass is 9.95. The summed E-state index contributed by atoms with van der Waals surface area (Å²) < 4.78 is 0. The lowest BCUT2D eigenvalue weighted by Crippen LogP contribution is -1.97. The van der Waals surface area contributed by atoms with Crippen molar-refractivity contribution in [2.45, 2.75) is 32.6 Å². The van der Waals surface area contributed by atoms with Crippen LogP contribution in [0.15, 0.2) is 12.1 Å². The van der Waals surface area contributed by atoms with Gasteiger partial charge in [-0.25, -0.2) is 0 Å². The highest BCUT2D eigenvalue weighted by Crippen LogP contribution is 2.35. The molecular formula is C12H15ClO2. The third-order valence-corrected chi connectivity index (χ3v) is 2.83. The van der Waals surface area contributed by atoms with E-state index in [0.29, 0.717) is 11.4 Å². The van der Waals surface area contributed by atoms with Crippen molar-refractivity contribution in [3.63, 3.8) is 0 Å². The standard InChI is InChI=1S/C12H15ClO2/c1-3-9-6-10(8(2)4-5-14)12(15)11(13)7-9/h5-8,15H,3-4H2,1-2H3. The molecule has 1 unspecified atom stereocenters. The normalized spacial score (nSPS) is 12.5. The van der Waals surface area contributed by atoms with E-state index in [1.165, 1.54) is 0 Å². The predicted molar refractivity (Wildman–Crippen MR) is 61.6 cm³/mol. The van der Waals surface area contributed by atoms with Gasteiger partial charge in [0, 0.05) is 6.42 Å². The maximum absolute atomic E-state index is 10.4. The Hall–Kier alpha value is -1.02. The Morgan fingerprint density at radius 1 is 1.53 bits per heavy atom. The van der Waals surface area contributed by atoms with E-state index in [9.17, 15) is 9.90 Å². The summed E-state index contributed by atoms with van der Waals surface area (Å²) in [5, 5.41) is 10.1. The number of phenolic OH excluding ortho intramolecular Hbond substituents is 1. The van der Waals surface area contributed by atoms with Gasteiger partial charge in [-0.05, 0) is 29.5 Å². The zero-order valence-corrected chi connectivity index (χ0v) is 9.71. The van der Waals surface area contributed by atoms with Gasteiger partial charge < -0.3 is 9.90 Å². The Kier molecular flexibility index (Phi) is 4.15. The molecule has 0 aromatic heterocycles. The van der Waals surface area contributed by atoms with E-state index in [0.717, 1.165) is 23.8 Å². The quantitative estimate of drug-likeness (QED) is 0.800. The van der Waals surface area contributed by atoms with Crippen molar-refractivity contribution in [2.24, 2.45) is 0 Å². The van der Waals surface area contributed by atoms with E-state index >= 15 is 0 Å². The molecule has 2 nitrogen and oxygen atoms in total. The van der Waals surface area contributed by atoms with Gasteiger partial charge >= 0.3 is 0 Å². The Labute approximate surface area is 94.9 Å². The van der Waals surface area contributed by atoms with Gasteiger partial charge in [0.25, 0.3) is 0 Å². The van der Waals surface area contributed by atoms with Gasteiger partial charge in [-0.2, -0.15) is 0 Å². The number of rotatable bonds is 4. The molecule has 1 rings (SSSR count). The molecule has 1 N–H and O–H groups in total. The summed E-state index contributed by atoms with van der Waals surface area (Å²) in [5.41, 5.74) is 1.83. The summed E-state index contributed by atoms with van der Waals surface area (Å²) in [7, 11) is 0. The monoisotopic (exact) mass is 226 g/mol. The molecule has 0 saturated carbocycles. The van der Waals surface area contributed by atoms with Crippen LogP contribution in [-0.2, 0) is 11.2 Å². The van der Waals surface area contributed by atoms with Crippen LogP contribution in [0.4, 0.5) is 0 Å². The SMILES string of the molecule is CCc1cc(Cl)c(O)c(C(C)CC=O)c1. The van der Waals surface area contributed by atoms with Crippen LogP contribution in [0.5, 0.6) is 5.75 Å². The molecule has 0 aliphatic rings. The minimum Gasteiger partial charge on any atom is -0.506 e. The van der Waals surface area contributed by atoms with Crippen molar-refractivity contribution < 1.29 is 9.90 Å². The number of halogens is 1. The smallest absolute Gasteiger partial charge is 0.137 e. The number of aldehydes is 1. The van der Waals surface area contributed by atoms with Crippen molar-refractivity contribution in [3.8, 4) is 5.75 Å². The molecule has 0 heterocycles. The van der Waals surface area contributed by atoms with Crippen molar-refractivity contribution in [3.05, 3.63) is 28.3 Å². The third kappa shape index (κ3) is 2.72. The fraction of sp³-hybridized carbons (Fsp3) is 0.417. The van der Waals surface area contributed by atoms with Gasteiger partial charge in [0.15, 0.2) is 0 Å². The van der Waals surface area contributed by atoms with Crippen LogP contribution < -0.4 is 0 Å². The molecule has 0 saturated heterocycles. The van der Waals surface area contributed by atoms with Crippen LogP contribution in [0.1, 0.15) is 37.3 Å². The summed E-state index contributed by atoms with van der Waals surface area (Å²) in [4.78, 5) is 10.4. The fourth-order valence-corrected chi connectivity index (χ4v) is 1.78. The van der Waals surface area contributed by atoms with Crippen LogP contribution in [0.25, 0.3) is 0 Å². The highest BCUT2D eigenvalue weighted by Gasteiger charge is 2.13. The molecule has 3 heteroatoms. The van der Waals surface area contributed by atoms with E-state index in [1.54, 1.807) is 6.07 Å². The Morgan fingerprint density at radius 2 is 2.20 bits per heavy atom. The molecule has 0 amide bonds. The molecule has 0 fully saturated rings. The minimum atomic E-state index is 0.00602. The van der Waals surface area contributed by atoms with E-state index in [4.69, 9.17) is 11.6 Å². The van der Waals surface area contributed by atoms with Crippen molar-refractivity contribution >= 4 is 17.9 Å². The van der Waals surface area contributed by atoms with Gasteiger partial charge in [0.2, 0.25) is 0 Å². The predicted octanol–water partition coefficient (Wildman–Crippen LogP) is 3.30. The molecule has 15 heavy (non-hydrogen) atoms. The molecule has 82 valence electrons. The largest absolute Gasteiger partial charge is 0.506 e. The lowest BCUT2D eigenvalue weighted by molar-refractivity contribution is -0.108. The first-order chi connectivity index (χ1) is 7.10. The first kappa shape index (κ1) is 12.1. The maximum atomic E-state index is 10.4. The number of aryl methyl sites for hydroxylation is 1. The summed E-state index contributed by atoms with van der Waals surface area (Å²) in [6.07, 6.45) is 2.12. The molecule has 0 spiro atoms. The maximum Gasteiger partial charge on any atom is 0.137 e. The fourth-order valence-electron chi connectivity index (χ4n) is 1.53. The third-order valence-electron chi connectivity index (χ3n) is 2.54. The van der Waals surface area contributed by atoms with Gasteiger partial charge in [0.05, 0.1) is 5.02 Å². The molecule has 1 aromatic rings. The summed E-state index contributed by atoms with van der Waals surface area (Å²) in [6, 6.07) is 3.67. The second-order valence-corrected chi connectivity index (χ2v) is 4.08. The number of carbonyl (C=O) groups excluding carboxylic acids is 1. The Morgan fingerprint density at radius 3 is 2.73 bits per heavy atom. The van der Waals surface area contributed by atoms with E-state index in [2.05, 4.69) is 0 Å². The number of carbonyl (C=O) groups is 1. The Bertz CT molecular complexity index is 361. The molecule has 0 aliphatic heterocycles. The van der Waals surface area contributed by atoms with E-state index < -0.39 is 0 Å². The summed E-state index contributed by atoms with van der Waals surface area (Å²) >= 11 is 5.90. The second kappa shape index (κ2) is 5.17. The van der Waals surface area contributed by atoms with E-state index in [-0.39, 0.29) is 11.7 Å². The summed E-state index contributed by atoms with van der Waals surface area (Å²) in [6.45, 7) is 3.93. The molecular weight excluding hydrogens is 212 g/mol. The number of aromatic hydroxyl groups is 1. The first-order valence-corrected chi connectivity index (χ1v) is 5.42. The molecule has 0 radical (unpaired) electrons. The second-order valence-electron chi connectivity index (χ2n) is 3.67. The van der Waals surface area contributed by atoms with Gasteiger partial charge in [-0.15, -0.1) is 0 Å². The van der Waals surface area contributed by atoms with Crippen LogP contribution in [0.2, 0.25) is 5.02 Å². The molecule has 1 atom stereocenters. The molecule has 0 bridgehead atoms. The first-order valence-electron chi connectivity index (χ1n) is 5.05.